The van der Waals surface area contributed by atoms with Gasteiger partial charge >= 0.3 is 0 Å². The second-order valence-electron chi connectivity index (χ2n) is 3.92. The number of benzene rings is 1. The first-order valence-electron chi connectivity index (χ1n) is 5.46. The molecule has 1 fully saturated rings. The van der Waals surface area contributed by atoms with E-state index < -0.39 is 0 Å². The summed E-state index contributed by atoms with van der Waals surface area (Å²) in [5.74, 6) is 0. The maximum Gasteiger partial charge on any atom is 0.116 e. The topological polar surface area (TPSA) is 48.2 Å². The highest BCUT2D eigenvalue weighted by Crippen LogP contribution is 2.35. The molecule has 0 amide bonds. The Balaban J connectivity index is 2.20. The first-order valence-corrected chi connectivity index (χ1v) is 7.04. The van der Waals surface area contributed by atoms with Crippen molar-refractivity contribution in [2.45, 2.75) is 19.4 Å². The largest absolute Gasteiger partial charge is 0.392 e. The van der Waals surface area contributed by atoms with Crippen molar-refractivity contribution >= 4 is 37.5 Å². The van der Waals surface area contributed by atoms with Crippen molar-refractivity contribution in [2.75, 3.05) is 13.1 Å². The Labute approximate surface area is 117 Å². The summed E-state index contributed by atoms with van der Waals surface area (Å²) in [6.07, 6.45) is 2.37. The van der Waals surface area contributed by atoms with Gasteiger partial charge in [-0.25, -0.2) is 0 Å². The quantitative estimate of drug-likeness (QED) is 0.831. The molecule has 1 aromatic carbocycles. The van der Waals surface area contributed by atoms with Crippen LogP contribution >= 0.6 is 31.9 Å². The summed E-state index contributed by atoms with van der Waals surface area (Å²) < 4.78 is 1.66. The first-order chi connectivity index (χ1) is 8.20. The van der Waals surface area contributed by atoms with Crippen molar-refractivity contribution in [3.8, 4) is 0 Å². The number of aliphatic hydroxyl groups is 1. The van der Waals surface area contributed by atoms with Crippen LogP contribution in [0.2, 0.25) is 0 Å². The SMILES string of the molecule is OCc1cc(Br)c(N=NN2CCCC2)c(Br)c1. The van der Waals surface area contributed by atoms with Crippen molar-refractivity contribution in [1.29, 1.82) is 0 Å². The van der Waals surface area contributed by atoms with E-state index >= 15 is 0 Å². The zero-order valence-electron chi connectivity index (χ0n) is 9.24. The Hall–Kier alpha value is -0.460. The molecule has 0 unspecified atom stereocenters. The Bertz CT molecular complexity index is 408. The van der Waals surface area contributed by atoms with Crippen molar-refractivity contribution in [1.82, 2.24) is 5.01 Å². The summed E-state index contributed by atoms with van der Waals surface area (Å²) in [4.78, 5) is 0. The van der Waals surface area contributed by atoms with Crippen LogP contribution < -0.4 is 0 Å². The Kier molecular flexibility index (Phi) is 4.53. The average Bonchev–Trinajstić information content (AvgIpc) is 2.80. The van der Waals surface area contributed by atoms with Gasteiger partial charge in [0.15, 0.2) is 0 Å². The fraction of sp³-hybridized carbons (Fsp3) is 0.455. The predicted molar refractivity (Wildman–Crippen MR) is 73.1 cm³/mol. The molecular formula is C11H13Br2N3O. The predicted octanol–water partition coefficient (Wildman–Crippen LogP) is 3.80. The van der Waals surface area contributed by atoms with E-state index in [4.69, 9.17) is 5.11 Å². The van der Waals surface area contributed by atoms with Gasteiger partial charge in [-0.3, -0.25) is 5.01 Å². The van der Waals surface area contributed by atoms with Crippen LogP contribution in [0.4, 0.5) is 5.69 Å². The molecule has 1 saturated heterocycles. The third kappa shape index (κ3) is 3.26. The van der Waals surface area contributed by atoms with E-state index in [1.165, 1.54) is 12.8 Å². The molecule has 6 heteroatoms. The molecule has 4 nitrogen and oxygen atoms in total. The number of hydrogen-bond donors (Lipinski definition) is 1. The number of halogens is 2. The minimum Gasteiger partial charge on any atom is -0.392 e. The summed E-state index contributed by atoms with van der Waals surface area (Å²) in [5.41, 5.74) is 1.60. The number of rotatable bonds is 3. The zero-order chi connectivity index (χ0) is 12.3. The van der Waals surface area contributed by atoms with Crippen molar-refractivity contribution < 1.29 is 5.11 Å². The third-order valence-electron chi connectivity index (χ3n) is 2.61. The molecule has 0 saturated carbocycles. The average molecular weight is 363 g/mol. The zero-order valence-corrected chi connectivity index (χ0v) is 12.4. The van der Waals surface area contributed by atoms with E-state index in [2.05, 4.69) is 42.2 Å². The lowest BCUT2D eigenvalue weighted by Crippen LogP contribution is -2.09. The van der Waals surface area contributed by atoms with Gasteiger partial charge in [0.1, 0.15) is 5.69 Å². The Morgan fingerprint density at radius 2 is 1.76 bits per heavy atom. The third-order valence-corrected chi connectivity index (χ3v) is 3.82. The minimum atomic E-state index is 0.0146. The summed E-state index contributed by atoms with van der Waals surface area (Å²) in [7, 11) is 0. The molecule has 1 aliphatic heterocycles. The minimum absolute atomic E-state index is 0.0146. The molecule has 17 heavy (non-hydrogen) atoms. The molecule has 0 radical (unpaired) electrons. The van der Waals surface area contributed by atoms with Gasteiger partial charge in [0, 0.05) is 22.0 Å². The highest BCUT2D eigenvalue weighted by molar-refractivity contribution is 9.11. The van der Waals surface area contributed by atoms with Crippen LogP contribution in [0.1, 0.15) is 18.4 Å². The summed E-state index contributed by atoms with van der Waals surface area (Å²) in [5, 5.41) is 19.5. The van der Waals surface area contributed by atoms with Crippen LogP contribution in [0.5, 0.6) is 0 Å². The maximum atomic E-state index is 9.08. The van der Waals surface area contributed by atoms with E-state index in [-0.39, 0.29) is 6.61 Å². The monoisotopic (exact) mass is 361 g/mol. The molecule has 1 aliphatic rings. The van der Waals surface area contributed by atoms with Gasteiger partial charge in [0.2, 0.25) is 0 Å². The first kappa shape index (κ1) is 13.0. The van der Waals surface area contributed by atoms with Crippen molar-refractivity contribution in [3.63, 3.8) is 0 Å². The molecule has 2 rings (SSSR count). The highest BCUT2D eigenvalue weighted by atomic mass is 79.9. The van der Waals surface area contributed by atoms with Crippen LogP contribution in [0.15, 0.2) is 31.4 Å². The van der Waals surface area contributed by atoms with Gasteiger partial charge < -0.3 is 5.11 Å². The normalized spacial score (nSPS) is 16.1. The molecule has 0 bridgehead atoms. The van der Waals surface area contributed by atoms with E-state index in [1.54, 1.807) is 0 Å². The van der Waals surface area contributed by atoms with E-state index in [0.717, 1.165) is 33.3 Å². The van der Waals surface area contributed by atoms with Gasteiger partial charge in [-0.1, -0.05) is 5.22 Å². The molecule has 92 valence electrons. The Morgan fingerprint density at radius 1 is 1.18 bits per heavy atom. The van der Waals surface area contributed by atoms with E-state index in [0.29, 0.717) is 0 Å². The second kappa shape index (κ2) is 5.93. The number of hydrogen-bond acceptors (Lipinski definition) is 3. The molecule has 0 atom stereocenters. The second-order valence-corrected chi connectivity index (χ2v) is 5.63. The van der Waals surface area contributed by atoms with E-state index in [1.807, 2.05) is 17.1 Å². The maximum absolute atomic E-state index is 9.08. The molecular weight excluding hydrogens is 350 g/mol. The fourth-order valence-corrected chi connectivity index (χ4v) is 3.14. The Morgan fingerprint density at radius 3 is 2.29 bits per heavy atom. The lowest BCUT2D eigenvalue weighted by molar-refractivity contribution is 0.281. The van der Waals surface area contributed by atoms with Crippen LogP contribution in [-0.2, 0) is 6.61 Å². The lowest BCUT2D eigenvalue weighted by Gasteiger charge is -2.08. The number of aliphatic hydroxyl groups excluding tert-OH is 1. The summed E-state index contributed by atoms with van der Waals surface area (Å²) >= 11 is 6.87. The standard InChI is InChI=1S/C11H13Br2N3O/c12-9-5-8(7-17)6-10(13)11(9)14-15-16-3-1-2-4-16/h5-6,17H,1-4,7H2. The number of nitrogens with zero attached hydrogens (tertiary/aromatic N) is 3. The highest BCUT2D eigenvalue weighted by Gasteiger charge is 2.10. The van der Waals surface area contributed by atoms with Gasteiger partial charge in [-0.15, -0.1) is 5.11 Å². The van der Waals surface area contributed by atoms with Crippen molar-refractivity contribution in [2.24, 2.45) is 10.3 Å². The molecule has 1 aromatic rings. The summed E-state index contributed by atoms with van der Waals surface area (Å²) in [6.45, 7) is 1.97. The van der Waals surface area contributed by atoms with Crippen LogP contribution in [0, 0.1) is 0 Å². The molecule has 0 spiro atoms. The molecule has 1 N–H and O–H groups in total. The summed E-state index contributed by atoms with van der Waals surface area (Å²) in [6, 6.07) is 3.70. The molecule has 0 aromatic heterocycles. The van der Waals surface area contributed by atoms with Crippen LogP contribution in [0.3, 0.4) is 0 Å². The molecule has 1 heterocycles. The van der Waals surface area contributed by atoms with Gasteiger partial charge in [0.25, 0.3) is 0 Å². The van der Waals surface area contributed by atoms with Gasteiger partial charge in [0.05, 0.1) is 6.61 Å². The van der Waals surface area contributed by atoms with Crippen molar-refractivity contribution in [3.05, 3.63) is 26.6 Å². The van der Waals surface area contributed by atoms with Crippen LogP contribution in [-0.4, -0.2) is 23.2 Å². The molecule has 0 aliphatic carbocycles. The van der Waals surface area contributed by atoms with E-state index in [9.17, 15) is 0 Å². The fourth-order valence-electron chi connectivity index (χ4n) is 1.70. The smallest absolute Gasteiger partial charge is 0.116 e. The lowest BCUT2D eigenvalue weighted by atomic mass is 10.2. The van der Waals surface area contributed by atoms with Gasteiger partial charge in [-0.05, 0) is 62.4 Å². The van der Waals surface area contributed by atoms with Gasteiger partial charge in [-0.2, -0.15) is 0 Å². The van der Waals surface area contributed by atoms with Crippen LogP contribution in [0.25, 0.3) is 0 Å².